The second-order valence-corrected chi connectivity index (χ2v) is 6.20. The molecule has 0 unspecified atom stereocenters. The number of allylic oxidation sites excluding steroid dienone is 1. The lowest BCUT2D eigenvalue weighted by atomic mass is 9.96. The summed E-state index contributed by atoms with van der Waals surface area (Å²) in [5.41, 5.74) is 4.48. The Morgan fingerprint density at radius 1 is 1.14 bits per heavy atom. The van der Waals surface area contributed by atoms with Gasteiger partial charge in [-0.2, -0.15) is 5.26 Å². The number of nitrogens with zero attached hydrogens (tertiary/aromatic N) is 3. The van der Waals surface area contributed by atoms with Gasteiger partial charge < -0.3 is 10.1 Å². The minimum absolute atomic E-state index is 0.0347. The maximum atomic E-state index is 13.8. The Morgan fingerprint density at radius 3 is 2.79 bits per heavy atom. The predicted octanol–water partition coefficient (Wildman–Crippen LogP) is 4.78. The molecule has 136 valence electrons. The molecule has 1 aromatic carbocycles. The number of hydrogen-bond donors (Lipinski definition) is 1. The van der Waals surface area contributed by atoms with E-state index in [2.05, 4.69) is 16.9 Å². The minimum atomic E-state index is -0.564. The molecule has 4 rings (SSSR count). The highest BCUT2D eigenvalue weighted by Crippen LogP contribution is 2.37. The van der Waals surface area contributed by atoms with Crippen LogP contribution in [0.1, 0.15) is 11.1 Å². The van der Waals surface area contributed by atoms with Crippen LogP contribution in [0, 0.1) is 17.1 Å². The number of nitriles is 1. The molecule has 28 heavy (non-hydrogen) atoms. The first-order valence-electron chi connectivity index (χ1n) is 8.48. The van der Waals surface area contributed by atoms with Crippen molar-refractivity contribution in [2.75, 3.05) is 12.4 Å². The normalized spacial score (nSPS) is 12.1. The van der Waals surface area contributed by atoms with Gasteiger partial charge in [0.15, 0.2) is 0 Å². The van der Waals surface area contributed by atoms with Crippen LogP contribution in [0.25, 0.3) is 28.5 Å². The molecule has 2 aromatic heterocycles. The Balaban J connectivity index is 1.98. The van der Waals surface area contributed by atoms with E-state index < -0.39 is 5.82 Å². The molecule has 6 heteroatoms. The zero-order chi connectivity index (χ0) is 19.7. The van der Waals surface area contributed by atoms with Gasteiger partial charge in [-0.3, -0.25) is 0 Å². The summed E-state index contributed by atoms with van der Waals surface area (Å²) < 4.78 is 19.1. The number of anilines is 1. The molecule has 0 radical (unpaired) electrons. The van der Waals surface area contributed by atoms with E-state index in [4.69, 9.17) is 9.72 Å². The SMILES string of the molecule is C=C1C=Cc2cc(-c3ccnc(OC)c3)c(-c3ccc(F)c(C#N)c3)nc2N1. The molecule has 0 aliphatic carbocycles. The standard InChI is InChI=1S/C22H15FN4O/c1-13-3-4-16-10-18(14-7-8-25-20(11-14)28-2)21(27-22(16)26-13)15-5-6-19(23)17(9-15)12-24/h3-11H,1H2,2H3,(H,26,27). The number of benzene rings is 1. The van der Waals surface area contributed by atoms with Gasteiger partial charge in [0.05, 0.1) is 18.4 Å². The molecule has 3 heterocycles. The molecule has 1 aliphatic heterocycles. The zero-order valence-corrected chi connectivity index (χ0v) is 15.0. The predicted molar refractivity (Wildman–Crippen MR) is 106 cm³/mol. The van der Waals surface area contributed by atoms with Gasteiger partial charge in [0, 0.05) is 34.7 Å². The van der Waals surface area contributed by atoms with E-state index in [-0.39, 0.29) is 5.56 Å². The monoisotopic (exact) mass is 370 g/mol. The van der Waals surface area contributed by atoms with Gasteiger partial charge in [-0.1, -0.05) is 6.58 Å². The van der Waals surface area contributed by atoms with E-state index in [9.17, 15) is 9.65 Å². The van der Waals surface area contributed by atoms with Gasteiger partial charge in [-0.05, 0) is 48.0 Å². The van der Waals surface area contributed by atoms with E-state index in [1.54, 1.807) is 25.4 Å². The van der Waals surface area contributed by atoms with E-state index >= 15 is 0 Å². The van der Waals surface area contributed by atoms with Crippen LogP contribution in [0.4, 0.5) is 10.2 Å². The Bertz CT molecular complexity index is 1180. The van der Waals surface area contributed by atoms with Crippen LogP contribution in [-0.4, -0.2) is 17.1 Å². The van der Waals surface area contributed by atoms with Crippen molar-refractivity contribution >= 4 is 11.9 Å². The van der Waals surface area contributed by atoms with Crippen LogP contribution in [0.3, 0.4) is 0 Å². The number of pyridine rings is 2. The summed E-state index contributed by atoms with van der Waals surface area (Å²) in [6.07, 6.45) is 5.45. The van der Waals surface area contributed by atoms with Crippen LogP contribution in [0.2, 0.25) is 0 Å². The highest BCUT2D eigenvalue weighted by molar-refractivity contribution is 5.87. The Kier molecular flexibility index (Phi) is 4.34. The second kappa shape index (κ2) is 6.97. The van der Waals surface area contributed by atoms with Crippen molar-refractivity contribution in [2.24, 2.45) is 0 Å². The molecule has 0 spiro atoms. The molecule has 1 aliphatic rings. The smallest absolute Gasteiger partial charge is 0.213 e. The lowest BCUT2D eigenvalue weighted by Gasteiger charge is -2.18. The highest BCUT2D eigenvalue weighted by atomic mass is 19.1. The van der Waals surface area contributed by atoms with Crippen molar-refractivity contribution in [1.29, 1.82) is 5.26 Å². The summed E-state index contributed by atoms with van der Waals surface area (Å²) in [7, 11) is 1.55. The molecule has 0 atom stereocenters. The van der Waals surface area contributed by atoms with Gasteiger partial charge in [0.1, 0.15) is 17.7 Å². The summed E-state index contributed by atoms with van der Waals surface area (Å²) in [6.45, 7) is 3.90. The Labute approximate surface area is 161 Å². The molecule has 0 saturated carbocycles. The van der Waals surface area contributed by atoms with Gasteiger partial charge in [0.2, 0.25) is 5.88 Å². The third-order valence-electron chi connectivity index (χ3n) is 4.41. The number of halogens is 1. The number of fused-ring (bicyclic) bond motifs is 1. The molecule has 5 nitrogen and oxygen atoms in total. The number of methoxy groups -OCH3 is 1. The van der Waals surface area contributed by atoms with Crippen LogP contribution in [0.5, 0.6) is 5.88 Å². The van der Waals surface area contributed by atoms with Gasteiger partial charge in [-0.25, -0.2) is 14.4 Å². The lowest BCUT2D eigenvalue weighted by molar-refractivity contribution is 0.398. The van der Waals surface area contributed by atoms with Crippen LogP contribution < -0.4 is 10.1 Å². The molecule has 0 bridgehead atoms. The highest BCUT2D eigenvalue weighted by Gasteiger charge is 2.18. The number of rotatable bonds is 3. The first-order chi connectivity index (χ1) is 13.6. The number of hydrogen-bond acceptors (Lipinski definition) is 5. The van der Waals surface area contributed by atoms with Crippen molar-refractivity contribution < 1.29 is 9.13 Å². The fourth-order valence-corrected chi connectivity index (χ4v) is 3.03. The van der Waals surface area contributed by atoms with Gasteiger partial charge in [0.25, 0.3) is 0 Å². The van der Waals surface area contributed by atoms with E-state index in [1.165, 1.54) is 12.1 Å². The van der Waals surface area contributed by atoms with Gasteiger partial charge >= 0.3 is 0 Å². The van der Waals surface area contributed by atoms with Crippen molar-refractivity contribution in [3.63, 3.8) is 0 Å². The lowest BCUT2D eigenvalue weighted by Crippen LogP contribution is -2.06. The molecular weight excluding hydrogens is 355 g/mol. The maximum Gasteiger partial charge on any atom is 0.213 e. The number of nitrogens with one attached hydrogen (secondary N) is 1. The average Bonchev–Trinajstić information content (AvgIpc) is 2.73. The summed E-state index contributed by atoms with van der Waals surface area (Å²) in [6, 6.07) is 11.9. The molecular formula is C22H15FN4O. The Hall–Kier alpha value is -3.98. The third kappa shape index (κ3) is 3.10. The van der Waals surface area contributed by atoms with Gasteiger partial charge in [-0.15, -0.1) is 0 Å². The van der Waals surface area contributed by atoms with E-state index in [1.807, 2.05) is 30.4 Å². The molecule has 0 saturated heterocycles. The quantitative estimate of drug-likeness (QED) is 0.718. The minimum Gasteiger partial charge on any atom is -0.481 e. The largest absolute Gasteiger partial charge is 0.481 e. The second-order valence-electron chi connectivity index (χ2n) is 6.20. The molecule has 0 fully saturated rings. The summed E-state index contributed by atoms with van der Waals surface area (Å²) in [5.74, 6) is 0.556. The van der Waals surface area contributed by atoms with Crippen LogP contribution in [-0.2, 0) is 0 Å². The maximum absolute atomic E-state index is 13.8. The van der Waals surface area contributed by atoms with Crippen molar-refractivity contribution in [3.05, 3.63) is 77.9 Å². The third-order valence-corrected chi connectivity index (χ3v) is 4.41. The topological polar surface area (TPSA) is 70.8 Å². The Morgan fingerprint density at radius 2 is 2.00 bits per heavy atom. The number of aromatic nitrogens is 2. The molecule has 0 amide bonds. The first kappa shape index (κ1) is 17.4. The van der Waals surface area contributed by atoms with E-state index in [0.29, 0.717) is 23.0 Å². The molecule has 3 aromatic rings. The van der Waals surface area contributed by atoms with Crippen molar-refractivity contribution in [1.82, 2.24) is 9.97 Å². The van der Waals surface area contributed by atoms with E-state index in [0.717, 1.165) is 22.4 Å². The fraction of sp³-hybridized carbons (Fsp3) is 0.0455. The van der Waals surface area contributed by atoms with Crippen molar-refractivity contribution in [3.8, 4) is 34.3 Å². The first-order valence-corrected chi connectivity index (χ1v) is 8.48. The van der Waals surface area contributed by atoms with Crippen molar-refractivity contribution in [2.45, 2.75) is 0 Å². The number of ether oxygens (including phenoxy) is 1. The summed E-state index contributed by atoms with van der Waals surface area (Å²) in [5, 5.41) is 12.3. The zero-order valence-electron chi connectivity index (χ0n) is 15.0. The van der Waals surface area contributed by atoms with Crippen LogP contribution in [0.15, 0.2) is 60.9 Å². The summed E-state index contributed by atoms with van der Waals surface area (Å²) >= 11 is 0. The summed E-state index contributed by atoms with van der Waals surface area (Å²) in [4.78, 5) is 8.90. The molecule has 1 N–H and O–H groups in total. The fourth-order valence-electron chi connectivity index (χ4n) is 3.03. The van der Waals surface area contributed by atoms with Crippen LogP contribution >= 0.6 is 0 Å². The average molecular weight is 370 g/mol.